The Morgan fingerprint density at radius 1 is 1.14 bits per heavy atom. The fraction of sp³-hybridized carbons (Fsp3) is 0.190. The summed E-state index contributed by atoms with van der Waals surface area (Å²) in [5, 5.41) is 0. The van der Waals surface area contributed by atoms with Gasteiger partial charge in [-0.3, -0.25) is 9.59 Å². The summed E-state index contributed by atoms with van der Waals surface area (Å²) in [7, 11) is 1.56. The van der Waals surface area contributed by atoms with Gasteiger partial charge in [-0.15, -0.1) is 0 Å². The second-order valence-corrected chi connectivity index (χ2v) is 6.79. The van der Waals surface area contributed by atoms with Crippen molar-refractivity contribution in [2.45, 2.75) is 13.5 Å². The minimum absolute atomic E-state index is 0.0529. The summed E-state index contributed by atoms with van der Waals surface area (Å²) < 4.78 is 13.0. The van der Waals surface area contributed by atoms with Crippen molar-refractivity contribution in [2.75, 3.05) is 13.7 Å². The number of para-hydroxylation sites is 1. The zero-order chi connectivity index (χ0) is 19.9. The molecule has 0 bridgehead atoms. The molecule has 0 fully saturated rings. The first kappa shape index (κ1) is 19.6. The monoisotopic (exact) mass is 396 g/mol. The van der Waals surface area contributed by atoms with Crippen LogP contribution in [0.2, 0.25) is 0 Å². The van der Waals surface area contributed by atoms with Gasteiger partial charge in [0, 0.05) is 6.08 Å². The van der Waals surface area contributed by atoms with E-state index in [0.29, 0.717) is 16.1 Å². The maximum Gasteiger partial charge on any atom is 0.326 e. The highest BCUT2D eigenvalue weighted by atomic mass is 32.1. The number of thiazole rings is 1. The predicted molar refractivity (Wildman–Crippen MR) is 109 cm³/mol. The Morgan fingerprint density at radius 3 is 2.64 bits per heavy atom. The molecule has 3 rings (SSSR count). The summed E-state index contributed by atoms with van der Waals surface area (Å²) >= 11 is 1.32. The largest absolute Gasteiger partial charge is 0.495 e. The minimum Gasteiger partial charge on any atom is -0.495 e. The molecule has 1 heterocycles. The minimum atomic E-state index is -0.410. The standard InChI is InChI=1S/C21H20N2O4S/c1-3-27-19(25)14-23-20-16(26-2)10-7-11-17(20)28-21(23)22-18(24)13-12-15-8-5-4-6-9-15/h4-13H,3,14H2,1-2H3. The number of nitrogens with zero attached hydrogens (tertiary/aromatic N) is 2. The van der Waals surface area contributed by atoms with Gasteiger partial charge >= 0.3 is 5.97 Å². The summed E-state index contributed by atoms with van der Waals surface area (Å²) in [6.45, 7) is 1.98. The van der Waals surface area contributed by atoms with E-state index in [-0.39, 0.29) is 13.2 Å². The molecule has 0 radical (unpaired) electrons. The number of hydrogen-bond donors (Lipinski definition) is 0. The molecule has 1 amide bonds. The van der Waals surface area contributed by atoms with E-state index >= 15 is 0 Å². The van der Waals surface area contributed by atoms with E-state index in [2.05, 4.69) is 4.99 Å². The summed E-state index contributed by atoms with van der Waals surface area (Å²) in [6.07, 6.45) is 3.11. The molecular weight excluding hydrogens is 376 g/mol. The Morgan fingerprint density at radius 2 is 1.93 bits per heavy atom. The fourth-order valence-corrected chi connectivity index (χ4v) is 3.75. The van der Waals surface area contributed by atoms with Gasteiger partial charge in [-0.1, -0.05) is 47.7 Å². The van der Waals surface area contributed by atoms with Crippen molar-refractivity contribution in [1.29, 1.82) is 0 Å². The van der Waals surface area contributed by atoms with E-state index < -0.39 is 11.9 Å². The molecule has 1 aromatic heterocycles. The second-order valence-electron chi connectivity index (χ2n) is 5.78. The summed E-state index contributed by atoms with van der Waals surface area (Å²) in [5.41, 5.74) is 1.62. The predicted octanol–water partition coefficient (Wildman–Crippen LogP) is 3.42. The number of aromatic nitrogens is 1. The van der Waals surface area contributed by atoms with Gasteiger partial charge in [0.05, 0.1) is 18.4 Å². The maximum atomic E-state index is 12.4. The zero-order valence-electron chi connectivity index (χ0n) is 15.6. The number of benzene rings is 2. The van der Waals surface area contributed by atoms with Crippen LogP contribution in [-0.4, -0.2) is 30.2 Å². The van der Waals surface area contributed by atoms with Crippen LogP contribution in [0.3, 0.4) is 0 Å². The summed E-state index contributed by atoms with van der Waals surface area (Å²) in [5.74, 6) is -0.208. The van der Waals surface area contributed by atoms with Gasteiger partial charge in [-0.25, -0.2) is 0 Å². The molecule has 0 saturated carbocycles. The number of carbonyl (C=O) groups excluding carboxylic acids is 2. The third-order valence-electron chi connectivity index (χ3n) is 3.90. The lowest BCUT2D eigenvalue weighted by molar-refractivity contribution is -0.143. The first-order valence-electron chi connectivity index (χ1n) is 8.76. The van der Waals surface area contributed by atoms with Crippen LogP contribution in [-0.2, 0) is 20.9 Å². The normalized spacial score (nSPS) is 11.9. The highest BCUT2D eigenvalue weighted by Crippen LogP contribution is 2.27. The van der Waals surface area contributed by atoms with Crippen molar-refractivity contribution in [3.8, 4) is 5.75 Å². The average molecular weight is 396 g/mol. The van der Waals surface area contributed by atoms with Crippen LogP contribution >= 0.6 is 11.3 Å². The molecule has 7 heteroatoms. The van der Waals surface area contributed by atoms with Gasteiger partial charge in [0.2, 0.25) is 0 Å². The fourth-order valence-electron chi connectivity index (χ4n) is 2.69. The van der Waals surface area contributed by atoms with E-state index in [0.717, 1.165) is 10.3 Å². The van der Waals surface area contributed by atoms with Crippen LogP contribution in [0.5, 0.6) is 5.75 Å². The number of rotatable bonds is 6. The van der Waals surface area contributed by atoms with Crippen molar-refractivity contribution in [1.82, 2.24) is 4.57 Å². The van der Waals surface area contributed by atoms with Crippen LogP contribution in [0.4, 0.5) is 0 Å². The lowest BCUT2D eigenvalue weighted by Crippen LogP contribution is -2.23. The molecule has 0 aliphatic rings. The maximum absolute atomic E-state index is 12.4. The number of methoxy groups -OCH3 is 1. The summed E-state index contributed by atoms with van der Waals surface area (Å²) in [6, 6.07) is 15.1. The smallest absolute Gasteiger partial charge is 0.326 e. The Balaban J connectivity index is 2.03. The Labute approximate surface area is 166 Å². The van der Waals surface area contributed by atoms with Crippen molar-refractivity contribution >= 4 is 39.5 Å². The molecule has 0 aliphatic carbocycles. The number of fused-ring (bicyclic) bond motifs is 1. The van der Waals surface area contributed by atoms with E-state index in [4.69, 9.17) is 9.47 Å². The molecule has 0 atom stereocenters. The van der Waals surface area contributed by atoms with Crippen LogP contribution < -0.4 is 9.54 Å². The number of hydrogen-bond acceptors (Lipinski definition) is 5. The van der Waals surface area contributed by atoms with Gasteiger partial charge < -0.3 is 14.0 Å². The van der Waals surface area contributed by atoms with Crippen molar-refractivity contribution in [3.63, 3.8) is 0 Å². The second kappa shape index (κ2) is 9.14. The van der Waals surface area contributed by atoms with Gasteiger partial charge in [-0.2, -0.15) is 4.99 Å². The lowest BCUT2D eigenvalue weighted by Gasteiger charge is -2.08. The van der Waals surface area contributed by atoms with E-state index in [1.165, 1.54) is 17.4 Å². The highest BCUT2D eigenvalue weighted by molar-refractivity contribution is 7.16. The van der Waals surface area contributed by atoms with Crippen LogP contribution in [0.25, 0.3) is 16.3 Å². The third kappa shape index (κ3) is 4.55. The molecule has 144 valence electrons. The van der Waals surface area contributed by atoms with Crippen molar-refractivity contribution in [3.05, 3.63) is 65.0 Å². The Hall–Kier alpha value is -3.19. The van der Waals surface area contributed by atoms with Crippen LogP contribution in [0.15, 0.2) is 59.6 Å². The number of esters is 1. The molecule has 0 saturated heterocycles. The van der Waals surface area contributed by atoms with Crippen LogP contribution in [0.1, 0.15) is 12.5 Å². The van der Waals surface area contributed by atoms with Gasteiger partial charge in [-0.05, 0) is 30.7 Å². The number of amides is 1. The molecular formula is C21H20N2O4S. The Kier molecular flexibility index (Phi) is 6.39. The van der Waals surface area contributed by atoms with Gasteiger partial charge in [0.1, 0.15) is 17.8 Å². The number of carbonyl (C=O) groups is 2. The zero-order valence-corrected chi connectivity index (χ0v) is 16.4. The molecule has 2 aromatic carbocycles. The SMILES string of the molecule is CCOC(=O)Cn1c(=NC(=O)C=Cc2ccccc2)sc2cccc(OC)c21. The van der Waals surface area contributed by atoms with E-state index in [1.54, 1.807) is 30.7 Å². The molecule has 3 aromatic rings. The van der Waals surface area contributed by atoms with E-state index in [1.807, 2.05) is 42.5 Å². The average Bonchev–Trinajstić information content (AvgIpc) is 3.04. The molecule has 0 unspecified atom stereocenters. The molecule has 0 N–H and O–H groups in total. The lowest BCUT2D eigenvalue weighted by atomic mass is 10.2. The molecule has 28 heavy (non-hydrogen) atoms. The van der Waals surface area contributed by atoms with Crippen molar-refractivity contribution < 1.29 is 19.1 Å². The molecule has 0 spiro atoms. The van der Waals surface area contributed by atoms with Crippen LogP contribution in [0, 0.1) is 0 Å². The third-order valence-corrected chi connectivity index (χ3v) is 4.94. The Bertz CT molecular complexity index is 1080. The summed E-state index contributed by atoms with van der Waals surface area (Å²) in [4.78, 5) is 29.1. The molecule has 0 aliphatic heterocycles. The quantitative estimate of drug-likeness (QED) is 0.473. The first-order chi connectivity index (χ1) is 13.6. The van der Waals surface area contributed by atoms with E-state index in [9.17, 15) is 9.59 Å². The highest BCUT2D eigenvalue weighted by Gasteiger charge is 2.15. The molecule has 6 nitrogen and oxygen atoms in total. The van der Waals surface area contributed by atoms with Gasteiger partial charge in [0.15, 0.2) is 4.80 Å². The number of ether oxygens (including phenoxy) is 2. The van der Waals surface area contributed by atoms with Crippen molar-refractivity contribution in [2.24, 2.45) is 4.99 Å². The first-order valence-corrected chi connectivity index (χ1v) is 9.57. The van der Waals surface area contributed by atoms with Gasteiger partial charge in [0.25, 0.3) is 5.91 Å². The topological polar surface area (TPSA) is 69.9 Å².